The van der Waals surface area contributed by atoms with Gasteiger partial charge in [0.1, 0.15) is 6.54 Å². The molecule has 0 unspecified atom stereocenters. The van der Waals surface area contributed by atoms with E-state index in [1.54, 1.807) is 9.80 Å². The number of carbonyl (C=O) groups excluding carboxylic acids is 3. The second-order valence-electron chi connectivity index (χ2n) is 9.04. The Bertz CT molecular complexity index is 1060. The molecule has 2 aromatic rings. The molecule has 0 aromatic heterocycles. The normalized spacial score (nSPS) is 17.1. The van der Waals surface area contributed by atoms with Gasteiger partial charge in [0.05, 0.1) is 0 Å². The SMILES string of the molecule is Cc1ccc(C)c(N2CCN(C(=O)CN3CCN(Cc4ccccc4C)C(=O)C3=O)CC2)c1. The van der Waals surface area contributed by atoms with Gasteiger partial charge in [0.2, 0.25) is 5.91 Å². The standard InChI is InChI=1S/C26H32N4O3/c1-19-8-9-21(3)23(16-19)27-10-12-28(13-11-27)24(31)18-30-15-14-29(25(32)26(30)33)17-22-7-5-4-6-20(22)2/h4-9,16H,10-15,17-18H2,1-3H3. The molecule has 0 spiro atoms. The van der Waals surface area contributed by atoms with Crippen LogP contribution in [0.2, 0.25) is 0 Å². The molecule has 0 aliphatic carbocycles. The van der Waals surface area contributed by atoms with Crippen molar-refractivity contribution < 1.29 is 14.4 Å². The Hall–Kier alpha value is -3.35. The van der Waals surface area contributed by atoms with Gasteiger partial charge in [-0.25, -0.2) is 0 Å². The fourth-order valence-corrected chi connectivity index (χ4v) is 4.53. The first-order valence-corrected chi connectivity index (χ1v) is 11.6. The first-order valence-electron chi connectivity index (χ1n) is 11.6. The minimum atomic E-state index is -0.586. The molecule has 0 radical (unpaired) electrons. The van der Waals surface area contributed by atoms with Gasteiger partial charge >= 0.3 is 11.8 Å². The molecule has 33 heavy (non-hydrogen) atoms. The number of piperazine rings is 2. The smallest absolute Gasteiger partial charge is 0.312 e. The van der Waals surface area contributed by atoms with Crippen molar-refractivity contribution in [2.45, 2.75) is 27.3 Å². The largest absolute Gasteiger partial charge is 0.368 e. The minimum Gasteiger partial charge on any atom is -0.368 e. The van der Waals surface area contributed by atoms with Crippen LogP contribution in [0.25, 0.3) is 0 Å². The van der Waals surface area contributed by atoms with Crippen LogP contribution in [-0.2, 0) is 20.9 Å². The van der Waals surface area contributed by atoms with Crippen LogP contribution in [-0.4, -0.2) is 78.2 Å². The van der Waals surface area contributed by atoms with E-state index >= 15 is 0 Å². The van der Waals surface area contributed by atoms with Crippen molar-refractivity contribution in [1.82, 2.24) is 14.7 Å². The zero-order valence-electron chi connectivity index (χ0n) is 19.7. The topological polar surface area (TPSA) is 64.2 Å². The van der Waals surface area contributed by atoms with Crippen molar-refractivity contribution in [3.63, 3.8) is 0 Å². The van der Waals surface area contributed by atoms with Crippen LogP contribution >= 0.6 is 0 Å². The maximum Gasteiger partial charge on any atom is 0.312 e. The highest BCUT2D eigenvalue weighted by Gasteiger charge is 2.34. The molecular formula is C26H32N4O3. The summed E-state index contributed by atoms with van der Waals surface area (Å²) in [4.78, 5) is 45.3. The summed E-state index contributed by atoms with van der Waals surface area (Å²) in [7, 11) is 0. The molecule has 2 aliphatic heterocycles. The van der Waals surface area contributed by atoms with E-state index in [9.17, 15) is 14.4 Å². The average molecular weight is 449 g/mol. The number of rotatable bonds is 5. The predicted molar refractivity (Wildman–Crippen MR) is 128 cm³/mol. The van der Waals surface area contributed by atoms with Crippen LogP contribution in [0.4, 0.5) is 5.69 Å². The lowest BCUT2D eigenvalue weighted by molar-refractivity contribution is -0.158. The van der Waals surface area contributed by atoms with Crippen molar-refractivity contribution >= 4 is 23.4 Å². The monoisotopic (exact) mass is 448 g/mol. The van der Waals surface area contributed by atoms with Crippen LogP contribution in [0.1, 0.15) is 22.3 Å². The number of amides is 3. The lowest BCUT2D eigenvalue weighted by atomic mass is 10.1. The fraction of sp³-hybridized carbons (Fsp3) is 0.423. The van der Waals surface area contributed by atoms with Gasteiger partial charge in [-0.1, -0.05) is 36.4 Å². The third-order valence-corrected chi connectivity index (χ3v) is 6.68. The average Bonchev–Trinajstić information content (AvgIpc) is 2.81. The summed E-state index contributed by atoms with van der Waals surface area (Å²) in [6, 6.07) is 14.3. The van der Waals surface area contributed by atoms with Gasteiger partial charge in [-0.15, -0.1) is 0 Å². The van der Waals surface area contributed by atoms with Crippen LogP contribution in [0.5, 0.6) is 0 Å². The highest BCUT2D eigenvalue weighted by Crippen LogP contribution is 2.23. The molecule has 3 amide bonds. The van der Waals surface area contributed by atoms with E-state index < -0.39 is 11.8 Å². The summed E-state index contributed by atoms with van der Waals surface area (Å²) >= 11 is 0. The molecule has 2 heterocycles. The van der Waals surface area contributed by atoms with E-state index in [-0.39, 0.29) is 12.5 Å². The molecule has 0 atom stereocenters. The van der Waals surface area contributed by atoms with Gasteiger partial charge in [-0.2, -0.15) is 0 Å². The second kappa shape index (κ2) is 9.65. The predicted octanol–water partition coefficient (Wildman–Crippen LogP) is 2.13. The molecule has 2 fully saturated rings. The molecule has 7 heteroatoms. The molecule has 174 valence electrons. The third kappa shape index (κ3) is 5.02. The Morgan fingerprint density at radius 1 is 0.788 bits per heavy atom. The Balaban J connectivity index is 1.30. The van der Waals surface area contributed by atoms with Gasteiger partial charge in [0.25, 0.3) is 0 Å². The number of carbonyl (C=O) groups is 3. The molecule has 2 aromatic carbocycles. The van der Waals surface area contributed by atoms with Crippen molar-refractivity contribution in [3.05, 3.63) is 64.7 Å². The summed E-state index contributed by atoms with van der Waals surface area (Å²) in [5.41, 5.74) is 5.79. The van der Waals surface area contributed by atoms with E-state index in [0.29, 0.717) is 32.7 Å². The van der Waals surface area contributed by atoms with E-state index in [0.717, 1.165) is 24.2 Å². The molecule has 7 nitrogen and oxygen atoms in total. The summed E-state index contributed by atoms with van der Waals surface area (Å²) in [5.74, 6) is -1.21. The summed E-state index contributed by atoms with van der Waals surface area (Å²) in [6.45, 7) is 10.1. The summed E-state index contributed by atoms with van der Waals surface area (Å²) in [6.07, 6.45) is 0. The lowest BCUT2D eigenvalue weighted by Crippen LogP contribution is -2.57. The van der Waals surface area contributed by atoms with E-state index in [1.165, 1.54) is 21.7 Å². The summed E-state index contributed by atoms with van der Waals surface area (Å²) < 4.78 is 0. The maximum absolute atomic E-state index is 12.9. The number of aryl methyl sites for hydroxylation is 3. The molecule has 2 aliphatic rings. The maximum atomic E-state index is 12.9. The van der Waals surface area contributed by atoms with E-state index in [4.69, 9.17) is 0 Å². The van der Waals surface area contributed by atoms with Crippen LogP contribution in [0.3, 0.4) is 0 Å². The van der Waals surface area contributed by atoms with Crippen molar-refractivity contribution in [1.29, 1.82) is 0 Å². The number of nitrogens with zero attached hydrogens (tertiary/aromatic N) is 4. The number of benzene rings is 2. The zero-order valence-corrected chi connectivity index (χ0v) is 19.7. The number of anilines is 1. The quantitative estimate of drug-likeness (QED) is 0.658. The van der Waals surface area contributed by atoms with Crippen molar-refractivity contribution in [2.24, 2.45) is 0 Å². The van der Waals surface area contributed by atoms with E-state index in [1.807, 2.05) is 31.2 Å². The van der Waals surface area contributed by atoms with Gasteiger partial charge in [0, 0.05) is 51.5 Å². The van der Waals surface area contributed by atoms with Crippen molar-refractivity contribution in [3.8, 4) is 0 Å². The lowest BCUT2D eigenvalue weighted by Gasteiger charge is -2.38. The van der Waals surface area contributed by atoms with E-state index in [2.05, 4.69) is 36.9 Å². The zero-order chi connectivity index (χ0) is 23.5. The van der Waals surface area contributed by atoms with Crippen molar-refractivity contribution in [2.75, 3.05) is 50.7 Å². The van der Waals surface area contributed by atoms with Crippen LogP contribution in [0, 0.1) is 20.8 Å². The first-order chi connectivity index (χ1) is 15.8. The molecule has 4 rings (SSSR count). The van der Waals surface area contributed by atoms with Gasteiger partial charge in [-0.05, 0) is 49.1 Å². The minimum absolute atomic E-state index is 0.0355. The Labute approximate surface area is 195 Å². The van der Waals surface area contributed by atoms with Crippen LogP contribution in [0.15, 0.2) is 42.5 Å². The second-order valence-corrected chi connectivity index (χ2v) is 9.04. The fourth-order valence-electron chi connectivity index (χ4n) is 4.53. The molecule has 0 N–H and O–H groups in total. The number of hydrogen-bond donors (Lipinski definition) is 0. The van der Waals surface area contributed by atoms with Gasteiger partial charge < -0.3 is 19.6 Å². The molecular weight excluding hydrogens is 416 g/mol. The molecule has 0 bridgehead atoms. The van der Waals surface area contributed by atoms with Gasteiger partial charge in [-0.3, -0.25) is 14.4 Å². The summed E-state index contributed by atoms with van der Waals surface area (Å²) in [5, 5.41) is 0. The Morgan fingerprint density at radius 2 is 1.45 bits per heavy atom. The Kier molecular flexibility index (Phi) is 6.67. The number of hydrogen-bond acceptors (Lipinski definition) is 4. The first kappa shape index (κ1) is 22.8. The third-order valence-electron chi connectivity index (χ3n) is 6.68. The molecule has 0 saturated carbocycles. The van der Waals surface area contributed by atoms with Gasteiger partial charge in [0.15, 0.2) is 0 Å². The highest BCUT2D eigenvalue weighted by atomic mass is 16.2. The Morgan fingerprint density at radius 3 is 2.18 bits per heavy atom. The molecule has 2 saturated heterocycles. The highest BCUT2D eigenvalue weighted by molar-refractivity contribution is 6.35. The van der Waals surface area contributed by atoms with Crippen LogP contribution < -0.4 is 4.90 Å².